The number of likely N-dealkylation sites (N-methyl/N-ethyl adjacent to an activating group) is 1. The van der Waals surface area contributed by atoms with Gasteiger partial charge in [0.2, 0.25) is 0 Å². The predicted octanol–water partition coefficient (Wildman–Crippen LogP) is 3.08. The minimum absolute atomic E-state index is 0.405. The summed E-state index contributed by atoms with van der Waals surface area (Å²) < 4.78 is 36.8. The number of benzene rings is 1. The highest BCUT2D eigenvalue weighted by atomic mass is 19.4. The monoisotopic (exact) mass is 231 g/mol. The second-order valence-electron chi connectivity index (χ2n) is 3.94. The van der Waals surface area contributed by atoms with Crippen LogP contribution < -0.4 is 5.32 Å². The Morgan fingerprint density at radius 3 is 2.38 bits per heavy atom. The van der Waals surface area contributed by atoms with Crippen LogP contribution in [0.3, 0.4) is 0 Å². The van der Waals surface area contributed by atoms with Gasteiger partial charge in [-0.25, -0.2) is 0 Å². The molecule has 0 bridgehead atoms. The summed E-state index contributed by atoms with van der Waals surface area (Å²) in [6.45, 7) is 1.91. The first-order valence-electron chi connectivity index (χ1n) is 5.21. The first-order valence-corrected chi connectivity index (χ1v) is 5.21. The van der Waals surface area contributed by atoms with Crippen molar-refractivity contribution in [1.82, 2.24) is 5.32 Å². The predicted molar refractivity (Wildman–Crippen MR) is 58.4 cm³/mol. The fourth-order valence-electron chi connectivity index (χ4n) is 1.66. The molecule has 0 amide bonds. The zero-order valence-corrected chi connectivity index (χ0v) is 9.43. The summed E-state index contributed by atoms with van der Waals surface area (Å²) >= 11 is 0. The largest absolute Gasteiger partial charge is 0.390 e. The Bertz CT molecular complexity index is 333. The second kappa shape index (κ2) is 5.34. The Kier molecular flexibility index (Phi) is 4.35. The van der Waals surface area contributed by atoms with E-state index in [0.29, 0.717) is 6.42 Å². The quantitative estimate of drug-likeness (QED) is 0.839. The minimum atomic E-state index is -4.11. The van der Waals surface area contributed by atoms with Crippen LogP contribution in [0.2, 0.25) is 0 Å². The molecule has 0 aliphatic heterocycles. The van der Waals surface area contributed by atoms with Crippen molar-refractivity contribution in [3.05, 3.63) is 35.4 Å². The molecule has 1 N–H and O–H groups in total. The van der Waals surface area contributed by atoms with Crippen molar-refractivity contribution in [1.29, 1.82) is 0 Å². The van der Waals surface area contributed by atoms with Gasteiger partial charge in [-0.05, 0) is 31.5 Å². The van der Waals surface area contributed by atoms with Gasteiger partial charge in [-0.1, -0.05) is 24.3 Å². The topological polar surface area (TPSA) is 12.0 Å². The zero-order chi connectivity index (χ0) is 12.2. The number of alkyl halides is 3. The standard InChI is InChI=1S/C12H16F3N/c1-9-5-3-4-6-10(9)7-11(16-2)8-12(13,14)15/h3-6,11,16H,7-8H2,1-2H3. The van der Waals surface area contributed by atoms with Gasteiger partial charge in [0.1, 0.15) is 0 Å². The van der Waals surface area contributed by atoms with Crippen LogP contribution in [0.5, 0.6) is 0 Å². The van der Waals surface area contributed by atoms with Crippen molar-refractivity contribution < 1.29 is 13.2 Å². The number of hydrogen-bond acceptors (Lipinski definition) is 1. The zero-order valence-electron chi connectivity index (χ0n) is 9.43. The van der Waals surface area contributed by atoms with Gasteiger partial charge < -0.3 is 5.32 Å². The first-order chi connectivity index (χ1) is 7.42. The second-order valence-corrected chi connectivity index (χ2v) is 3.94. The highest BCUT2D eigenvalue weighted by Gasteiger charge is 2.31. The van der Waals surface area contributed by atoms with Crippen LogP contribution in [0.15, 0.2) is 24.3 Å². The number of hydrogen-bond donors (Lipinski definition) is 1. The lowest BCUT2D eigenvalue weighted by Gasteiger charge is -2.19. The highest BCUT2D eigenvalue weighted by Crippen LogP contribution is 2.23. The third-order valence-corrected chi connectivity index (χ3v) is 2.61. The number of halogens is 3. The van der Waals surface area contributed by atoms with E-state index in [1.165, 1.54) is 0 Å². The SMILES string of the molecule is CNC(Cc1ccccc1C)CC(F)(F)F. The molecule has 0 aliphatic carbocycles. The van der Waals surface area contributed by atoms with Crippen molar-refractivity contribution >= 4 is 0 Å². The van der Waals surface area contributed by atoms with Gasteiger partial charge in [-0.2, -0.15) is 13.2 Å². The molecular weight excluding hydrogens is 215 g/mol. The molecule has 1 unspecified atom stereocenters. The van der Waals surface area contributed by atoms with Crippen molar-refractivity contribution in [2.45, 2.75) is 32.0 Å². The average molecular weight is 231 g/mol. The van der Waals surface area contributed by atoms with E-state index in [2.05, 4.69) is 5.32 Å². The maximum absolute atomic E-state index is 12.3. The molecule has 0 saturated carbocycles. The lowest BCUT2D eigenvalue weighted by atomic mass is 9.99. The molecule has 0 spiro atoms. The minimum Gasteiger partial charge on any atom is -0.316 e. The van der Waals surface area contributed by atoms with Crippen molar-refractivity contribution in [2.75, 3.05) is 7.05 Å². The number of aryl methyl sites for hydroxylation is 1. The third kappa shape index (κ3) is 4.23. The molecule has 1 rings (SSSR count). The van der Waals surface area contributed by atoms with Gasteiger partial charge in [0.05, 0.1) is 6.42 Å². The van der Waals surface area contributed by atoms with E-state index in [-0.39, 0.29) is 0 Å². The number of rotatable bonds is 4. The van der Waals surface area contributed by atoms with E-state index in [4.69, 9.17) is 0 Å². The van der Waals surface area contributed by atoms with Crippen molar-refractivity contribution in [3.63, 3.8) is 0 Å². The first kappa shape index (κ1) is 13.0. The van der Waals surface area contributed by atoms with E-state index in [9.17, 15) is 13.2 Å². The summed E-state index contributed by atoms with van der Waals surface area (Å²) in [4.78, 5) is 0. The van der Waals surface area contributed by atoms with Crippen LogP contribution in [0.4, 0.5) is 13.2 Å². The molecule has 1 aromatic carbocycles. The average Bonchev–Trinajstić information content (AvgIpc) is 2.18. The van der Waals surface area contributed by atoms with Gasteiger partial charge in [-0.3, -0.25) is 0 Å². The van der Waals surface area contributed by atoms with Crippen LogP contribution in [0.1, 0.15) is 17.5 Å². The molecule has 0 fully saturated rings. The molecule has 0 aliphatic rings. The fraction of sp³-hybridized carbons (Fsp3) is 0.500. The Hall–Kier alpha value is -1.03. The van der Waals surface area contributed by atoms with Crippen LogP contribution >= 0.6 is 0 Å². The summed E-state index contributed by atoms with van der Waals surface area (Å²) in [5, 5.41) is 2.71. The van der Waals surface area contributed by atoms with Gasteiger partial charge in [-0.15, -0.1) is 0 Å². The Morgan fingerprint density at radius 2 is 1.88 bits per heavy atom. The van der Waals surface area contributed by atoms with Gasteiger partial charge in [0.15, 0.2) is 0 Å². The fourth-order valence-corrected chi connectivity index (χ4v) is 1.66. The molecule has 0 aromatic heterocycles. The maximum Gasteiger partial charge on any atom is 0.390 e. The Labute approximate surface area is 93.7 Å². The summed E-state index contributed by atoms with van der Waals surface area (Å²) in [5.41, 5.74) is 2.00. The lowest BCUT2D eigenvalue weighted by Crippen LogP contribution is -2.33. The summed E-state index contributed by atoms with van der Waals surface area (Å²) in [6, 6.07) is 6.96. The molecule has 0 heterocycles. The molecule has 4 heteroatoms. The van der Waals surface area contributed by atoms with E-state index in [1.54, 1.807) is 7.05 Å². The van der Waals surface area contributed by atoms with Gasteiger partial charge in [0.25, 0.3) is 0 Å². The summed E-state index contributed by atoms with van der Waals surface area (Å²) in [6.07, 6.45) is -4.50. The smallest absolute Gasteiger partial charge is 0.316 e. The van der Waals surface area contributed by atoms with Crippen molar-refractivity contribution in [2.24, 2.45) is 0 Å². The highest BCUT2D eigenvalue weighted by molar-refractivity contribution is 5.26. The lowest BCUT2D eigenvalue weighted by molar-refractivity contribution is -0.139. The maximum atomic E-state index is 12.3. The number of nitrogens with one attached hydrogen (secondary N) is 1. The van der Waals surface area contributed by atoms with E-state index >= 15 is 0 Å². The van der Waals surface area contributed by atoms with E-state index in [1.807, 2.05) is 31.2 Å². The molecule has 1 aromatic rings. The Balaban J connectivity index is 2.67. The normalized spacial score (nSPS) is 13.8. The van der Waals surface area contributed by atoms with E-state index < -0.39 is 18.6 Å². The summed E-state index contributed by atoms with van der Waals surface area (Å²) in [7, 11) is 1.56. The van der Waals surface area contributed by atoms with Crippen molar-refractivity contribution in [3.8, 4) is 0 Å². The molecule has 1 nitrogen and oxygen atoms in total. The molecular formula is C12H16F3N. The van der Waals surface area contributed by atoms with Crippen LogP contribution in [-0.4, -0.2) is 19.3 Å². The third-order valence-electron chi connectivity index (χ3n) is 2.61. The molecule has 0 saturated heterocycles. The molecule has 90 valence electrons. The molecule has 1 atom stereocenters. The molecule has 16 heavy (non-hydrogen) atoms. The van der Waals surface area contributed by atoms with Crippen LogP contribution in [-0.2, 0) is 6.42 Å². The summed E-state index contributed by atoms with van der Waals surface area (Å²) in [5.74, 6) is 0. The van der Waals surface area contributed by atoms with Crippen LogP contribution in [0.25, 0.3) is 0 Å². The Morgan fingerprint density at radius 1 is 1.25 bits per heavy atom. The van der Waals surface area contributed by atoms with E-state index in [0.717, 1.165) is 11.1 Å². The van der Waals surface area contributed by atoms with Gasteiger partial charge >= 0.3 is 6.18 Å². The molecule has 0 radical (unpaired) electrons. The van der Waals surface area contributed by atoms with Crippen LogP contribution in [0, 0.1) is 6.92 Å². The van der Waals surface area contributed by atoms with Gasteiger partial charge in [0, 0.05) is 6.04 Å².